The van der Waals surface area contributed by atoms with Crippen LogP contribution in [0.4, 0.5) is 8.78 Å². The van der Waals surface area contributed by atoms with Gasteiger partial charge in [-0.05, 0) is 17.4 Å². The smallest absolute Gasteiger partial charge is 0.320 e. The first-order valence-corrected chi connectivity index (χ1v) is 7.59. The summed E-state index contributed by atoms with van der Waals surface area (Å²) in [5.74, 6) is 0. The summed E-state index contributed by atoms with van der Waals surface area (Å²) in [4.78, 5) is 0. The molecule has 0 unspecified atom stereocenters. The fraction of sp³-hybridized carbons (Fsp3) is 0.364. The van der Waals surface area contributed by atoms with Crippen LogP contribution >= 0.6 is 20.7 Å². The minimum absolute atomic E-state index is 0.146. The first-order valence-electron chi connectivity index (χ1n) is 4.99. The highest BCUT2D eigenvalue weighted by atomic mass is 127. The quantitative estimate of drug-likeness (QED) is 0.497. The van der Waals surface area contributed by atoms with Gasteiger partial charge in [-0.2, -0.15) is 8.78 Å². The van der Waals surface area contributed by atoms with E-state index in [0.29, 0.717) is 6.42 Å². The summed E-state index contributed by atoms with van der Waals surface area (Å²) in [7, 11) is 0. The number of benzene rings is 1. The third-order valence-corrected chi connectivity index (χ3v) is 3.98. The van der Waals surface area contributed by atoms with E-state index in [1.165, 1.54) is 0 Å². The van der Waals surface area contributed by atoms with Gasteiger partial charge in [0.2, 0.25) is 0 Å². The molecule has 0 saturated carbocycles. The van der Waals surface area contributed by atoms with Gasteiger partial charge in [0.25, 0.3) is 3.93 Å². The largest absolute Gasteiger partial charge is 0.447 e. The normalized spacial score (nSPS) is 11.5. The lowest BCUT2D eigenvalue weighted by Gasteiger charge is -2.11. The van der Waals surface area contributed by atoms with Gasteiger partial charge in [0.1, 0.15) is 0 Å². The average molecular weight is 338 g/mol. The van der Waals surface area contributed by atoms with E-state index in [-0.39, 0.29) is 6.42 Å². The van der Waals surface area contributed by atoms with Gasteiger partial charge in [-0.25, -0.2) is 0 Å². The monoisotopic (exact) mass is 338 g/mol. The van der Waals surface area contributed by atoms with E-state index in [0.717, 1.165) is 11.0 Å². The van der Waals surface area contributed by atoms with Gasteiger partial charge >= 0.3 is 6.92 Å². The molecule has 16 heavy (non-hydrogen) atoms. The Bertz CT molecular complexity index is 369. The van der Waals surface area contributed by atoms with E-state index in [2.05, 4.69) is 4.51 Å². The SMILES string of the molecule is C=IC(F)(F)CCc1cccc(B(C)O)c1. The van der Waals surface area contributed by atoms with Gasteiger partial charge in [-0.3, -0.25) is 0 Å². The van der Waals surface area contributed by atoms with Crippen molar-refractivity contribution in [3.05, 3.63) is 29.8 Å². The van der Waals surface area contributed by atoms with Crippen LogP contribution in [0.2, 0.25) is 6.82 Å². The summed E-state index contributed by atoms with van der Waals surface area (Å²) in [6, 6.07) is 7.17. The lowest BCUT2D eigenvalue weighted by atomic mass is 9.64. The van der Waals surface area contributed by atoms with Crippen LogP contribution in [0, 0.1) is 0 Å². The van der Waals surface area contributed by atoms with Crippen LogP contribution in [-0.4, -0.2) is 20.4 Å². The molecule has 5 heteroatoms. The van der Waals surface area contributed by atoms with Crippen LogP contribution in [0.5, 0.6) is 0 Å². The van der Waals surface area contributed by atoms with Crippen LogP contribution < -0.4 is 5.46 Å². The van der Waals surface area contributed by atoms with Gasteiger partial charge in [-0.1, -0.05) is 56.3 Å². The maximum Gasteiger partial charge on any atom is 0.320 e. The molecule has 1 N–H and O–H groups in total. The van der Waals surface area contributed by atoms with Crippen molar-refractivity contribution in [3.8, 4) is 0 Å². The van der Waals surface area contributed by atoms with E-state index in [1.54, 1.807) is 25.0 Å². The Morgan fingerprint density at radius 3 is 2.75 bits per heavy atom. The summed E-state index contributed by atoms with van der Waals surface area (Å²) in [6.45, 7) is 1.11. The molecule has 0 aliphatic carbocycles. The summed E-state index contributed by atoms with van der Waals surface area (Å²) in [6.07, 6.45) is 0.190. The summed E-state index contributed by atoms with van der Waals surface area (Å²) >= 11 is -1.29. The van der Waals surface area contributed by atoms with Crippen molar-refractivity contribution in [3.63, 3.8) is 0 Å². The molecule has 0 heterocycles. The molecule has 1 aromatic rings. The van der Waals surface area contributed by atoms with Gasteiger partial charge in [0.05, 0.1) is 0 Å². The molecule has 0 fully saturated rings. The predicted octanol–water partition coefficient (Wildman–Crippen LogP) is 2.44. The second-order valence-electron chi connectivity index (χ2n) is 3.67. The maximum atomic E-state index is 13.0. The van der Waals surface area contributed by atoms with E-state index < -0.39 is 31.6 Å². The Hall–Kier alpha value is -0.295. The van der Waals surface area contributed by atoms with E-state index in [1.807, 2.05) is 6.07 Å². The third-order valence-electron chi connectivity index (χ3n) is 2.33. The molecular formula is C11H14BF2IO. The van der Waals surface area contributed by atoms with Crippen LogP contribution in [0.25, 0.3) is 0 Å². The minimum atomic E-state index is -2.58. The van der Waals surface area contributed by atoms with Crippen molar-refractivity contribution < 1.29 is 13.8 Å². The lowest BCUT2D eigenvalue weighted by molar-refractivity contribution is 0.117. The molecular weight excluding hydrogens is 324 g/mol. The van der Waals surface area contributed by atoms with Crippen molar-refractivity contribution in [2.24, 2.45) is 0 Å². The molecule has 1 aromatic carbocycles. The molecule has 0 aliphatic rings. The topological polar surface area (TPSA) is 20.2 Å². The molecule has 0 amide bonds. The van der Waals surface area contributed by atoms with Gasteiger partial charge in [-0.15, -0.1) is 0 Å². The minimum Gasteiger partial charge on any atom is -0.447 e. The summed E-state index contributed by atoms with van der Waals surface area (Å²) in [5, 5.41) is 9.37. The molecule has 0 bridgehead atoms. The molecule has 0 spiro atoms. The highest BCUT2D eigenvalue weighted by Gasteiger charge is 2.24. The predicted molar refractivity (Wildman–Crippen MR) is 74.3 cm³/mol. The molecule has 0 aromatic heterocycles. The zero-order valence-corrected chi connectivity index (χ0v) is 11.2. The van der Waals surface area contributed by atoms with Crippen LogP contribution in [0.15, 0.2) is 24.3 Å². The number of rotatable bonds is 5. The zero-order chi connectivity index (χ0) is 12.2. The van der Waals surface area contributed by atoms with Crippen LogP contribution in [-0.2, 0) is 6.42 Å². The van der Waals surface area contributed by atoms with E-state index in [9.17, 15) is 13.8 Å². The molecule has 0 atom stereocenters. The highest BCUT2D eigenvalue weighted by Crippen LogP contribution is 2.31. The second kappa shape index (κ2) is 5.86. The number of hydrogen-bond acceptors (Lipinski definition) is 1. The highest BCUT2D eigenvalue weighted by molar-refractivity contribution is 14.2. The van der Waals surface area contributed by atoms with Gasteiger partial charge in [0.15, 0.2) is 0 Å². The number of alkyl halides is 3. The van der Waals surface area contributed by atoms with Gasteiger partial charge < -0.3 is 5.02 Å². The molecule has 1 nitrogen and oxygen atoms in total. The number of hydrogen-bond donors (Lipinski definition) is 1. The molecule has 88 valence electrons. The van der Waals surface area contributed by atoms with Crippen molar-refractivity contribution in [1.82, 2.24) is 0 Å². The fourth-order valence-corrected chi connectivity index (χ4v) is 2.01. The summed E-state index contributed by atoms with van der Waals surface area (Å²) < 4.78 is 26.8. The van der Waals surface area contributed by atoms with E-state index in [4.69, 9.17) is 0 Å². The molecule has 0 saturated heterocycles. The molecule has 0 aliphatic heterocycles. The third kappa shape index (κ3) is 4.29. The Labute approximate surface area is 105 Å². The maximum absolute atomic E-state index is 13.0. The second-order valence-corrected chi connectivity index (χ2v) is 6.01. The van der Waals surface area contributed by atoms with Crippen molar-refractivity contribution in [1.29, 1.82) is 0 Å². The Morgan fingerprint density at radius 2 is 2.19 bits per heavy atom. The first-order chi connectivity index (χ1) is 7.44. The van der Waals surface area contributed by atoms with Crippen molar-refractivity contribution in [2.75, 3.05) is 0 Å². The Kier molecular flexibility index (Phi) is 5.05. The zero-order valence-electron chi connectivity index (χ0n) is 9.09. The standard InChI is InChI=1S/C11H14BF2IO/c1-12(16)10-5-3-4-9(8-10)6-7-11(13,14)15-2/h3-5,8,16H,2,6-7H2,1H3. The van der Waals surface area contributed by atoms with Crippen LogP contribution in [0.1, 0.15) is 12.0 Å². The number of aryl methyl sites for hydroxylation is 1. The lowest BCUT2D eigenvalue weighted by Crippen LogP contribution is -2.26. The summed E-state index contributed by atoms with van der Waals surface area (Å²) in [5.41, 5.74) is 1.61. The van der Waals surface area contributed by atoms with Crippen LogP contribution in [0.3, 0.4) is 0 Å². The number of halogens is 3. The van der Waals surface area contributed by atoms with Crippen molar-refractivity contribution >= 4 is 37.6 Å². The average Bonchev–Trinajstić information content (AvgIpc) is 2.27. The molecule has 1 rings (SSSR count). The Balaban J connectivity index is 2.68. The van der Waals surface area contributed by atoms with E-state index >= 15 is 0 Å². The first kappa shape index (κ1) is 13.8. The molecule has 0 radical (unpaired) electrons. The van der Waals surface area contributed by atoms with Crippen molar-refractivity contribution in [2.45, 2.75) is 23.6 Å². The van der Waals surface area contributed by atoms with Gasteiger partial charge in [0, 0.05) is 6.42 Å². The fourth-order valence-electron chi connectivity index (χ4n) is 1.36. The Morgan fingerprint density at radius 1 is 1.50 bits per heavy atom.